The van der Waals surface area contributed by atoms with Gasteiger partial charge in [-0.05, 0) is 24.3 Å². The lowest BCUT2D eigenvalue weighted by Gasteiger charge is -1.95. The van der Waals surface area contributed by atoms with E-state index in [0.29, 0.717) is 5.52 Å². The Morgan fingerprint density at radius 2 is 1.60 bits per heavy atom. The lowest BCUT2D eigenvalue weighted by molar-refractivity contribution is 0.213. The highest BCUT2D eigenvalue weighted by atomic mass is 16.5. The quantitative estimate of drug-likeness (QED) is 0.547. The van der Waals surface area contributed by atoms with Crippen molar-refractivity contribution in [3.05, 3.63) is 42.5 Å². The van der Waals surface area contributed by atoms with Crippen molar-refractivity contribution in [3.8, 4) is 5.75 Å². The monoisotopic (exact) mass is 199 g/mol. The Labute approximate surface area is 85.8 Å². The second kappa shape index (κ2) is 2.67. The summed E-state index contributed by atoms with van der Waals surface area (Å²) in [5, 5.41) is 21.1. The van der Waals surface area contributed by atoms with E-state index in [2.05, 4.69) is 0 Å². The van der Waals surface area contributed by atoms with Crippen LogP contribution >= 0.6 is 0 Å². The van der Waals surface area contributed by atoms with Gasteiger partial charge in [0.1, 0.15) is 5.75 Å². The van der Waals surface area contributed by atoms with Crippen LogP contribution in [0.1, 0.15) is 0 Å². The predicted octanol–water partition coefficient (Wildman–Crippen LogP) is 2.74. The first-order valence-corrected chi connectivity index (χ1v) is 4.69. The predicted molar refractivity (Wildman–Crippen MR) is 58.3 cm³/mol. The minimum Gasteiger partial charge on any atom is -0.508 e. The van der Waals surface area contributed by atoms with Gasteiger partial charge in [-0.1, -0.05) is 18.2 Å². The smallest absolute Gasteiger partial charge is 0.116 e. The van der Waals surface area contributed by atoms with E-state index in [1.165, 1.54) is 0 Å². The molecule has 0 aliphatic heterocycles. The van der Waals surface area contributed by atoms with Gasteiger partial charge in [-0.3, -0.25) is 0 Å². The highest BCUT2D eigenvalue weighted by Gasteiger charge is 2.08. The number of fused-ring (bicyclic) bond motifs is 3. The average Bonchev–Trinajstić information content (AvgIpc) is 2.54. The van der Waals surface area contributed by atoms with Crippen LogP contribution in [0.15, 0.2) is 42.5 Å². The Morgan fingerprint density at radius 3 is 2.47 bits per heavy atom. The molecule has 0 aliphatic carbocycles. The fraction of sp³-hybridized carbons (Fsp3) is 0. The zero-order chi connectivity index (χ0) is 10.4. The Hall–Kier alpha value is -2.16. The minimum absolute atomic E-state index is 0.207. The lowest BCUT2D eigenvalue weighted by Crippen LogP contribution is -1.87. The number of para-hydroxylation sites is 1. The molecule has 0 bridgehead atoms. The number of aromatic hydroxyl groups is 1. The van der Waals surface area contributed by atoms with Crippen LogP contribution in [0.5, 0.6) is 5.75 Å². The summed E-state index contributed by atoms with van der Waals surface area (Å²) in [6.45, 7) is 0. The molecule has 0 amide bonds. The van der Waals surface area contributed by atoms with Crippen LogP contribution in [0, 0.1) is 0 Å². The van der Waals surface area contributed by atoms with E-state index < -0.39 is 0 Å². The number of hydrogen-bond acceptors (Lipinski definition) is 2. The molecule has 0 radical (unpaired) electrons. The average molecular weight is 199 g/mol. The van der Waals surface area contributed by atoms with Gasteiger partial charge >= 0.3 is 0 Å². The lowest BCUT2D eigenvalue weighted by atomic mass is 10.1. The van der Waals surface area contributed by atoms with Crippen LogP contribution in [0.3, 0.4) is 0 Å². The van der Waals surface area contributed by atoms with E-state index in [1.54, 1.807) is 18.2 Å². The number of aromatic nitrogens is 1. The molecular weight excluding hydrogens is 190 g/mol. The van der Waals surface area contributed by atoms with Crippen molar-refractivity contribution < 1.29 is 10.3 Å². The number of phenolic OH excluding ortho intramolecular Hbond substituents is 1. The van der Waals surface area contributed by atoms with Gasteiger partial charge in [0, 0.05) is 10.8 Å². The Morgan fingerprint density at radius 1 is 0.867 bits per heavy atom. The van der Waals surface area contributed by atoms with Gasteiger partial charge < -0.3 is 10.3 Å². The summed E-state index contributed by atoms with van der Waals surface area (Å²) in [7, 11) is 0. The summed E-state index contributed by atoms with van der Waals surface area (Å²) in [5.74, 6) is 0.207. The maximum absolute atomic E-state index is 9.88. The number of benzene rings is 2. The highest BCUT2D eigenvalue weighted by Crippen LogP contribution is 2.29. The van der Waals surface area contributed by atoms with Gasteiger partial charge in [-0.2, -0.15) is 4.73 Å². The molecular formula is C12H9NO2. The first-order chi connectivity index (χ1) is 7.27. The second-order valence-corrected chi connectivity index (χ2v) is 3.53. The molecule has 0 spiro atoms. The third-order valence-electron chi connectivity index (χ3n) is 2.63. The summed E-state index contributed by atoms with van der Waals surface area (Å²) < 4.78 is 1.14. The van der Waals surface area contributed by atoms with Crippen molar-refractivity contribution in [1.29, 1.82) is 0 Å². The van der Waals surface area contributed by atoms with Crippen molar-refractivity contribution in [2.75, 3.05) is 0 Å². The van der Waals surface area contributed by atoms with E-state index in [4.69, 9.17) is 0 Å². The maximum atomic E-state index is 9.88. The molecule has 3 heteroatoms. The normalized spacial score (nSPS) is 11.2. The SMILES string of the molecule is Oc1ccc2c(c1)c1ccccc1n2O. The van der Waals surface area contributed by atoms with E-state index in [9.17, 15) is 10.3 Å². The highest BCUT2D eigenvalue weighted by molar-refractivity contribution is 6.08. The number of hydrogen-bond donors (Lipinski definition) is 2. The fourth-order valence-corrected chi connectivity index (χ4v) is 1.94. The molecule has 0 unspecified atom stereocenters. The summed E-state index contributed by atoms with van der Waals surface area (Å²) in [4.78, 5) is 0. The Bertz CT molecular complexity index is 655. The van der Waals surface area contributed by atoms with Crippen molar-refractivity contribution in [2.24, 2.45) is 0 Å². The van der Waals surface area contributed by atoms with Crippen molar-refractivity contribution in [3.63, 3.8) is 0 Å². The Kier molecular flexibility index (Phi) is 1.45. The maximum Gasteiger partial charge on any atom is 0.116 e. The summed E-state index contributed by atoms with van der Waals surface area (Å²) >= 11 is 0. The van der Waals surface area contributed by atoms with Gasteiger partial charge in [-0.25, -0.2) is 0 Å². The molecule has 3 nitrogen and oxygen atoms in total. The molecule has 15 heavy (non-hydrogen) atoms. The zero-order valence-electron chi connectivity index (χ0n) is 7.88. The van der Waals surface area contributed by atoms with Gasteiger partial charge in [0.05, 0.1) is 11.0 Å². The first-order valence-electron chi connectivity index (χ1n) is 4.69. The van der Waals surface area contributed by atoms with E-state index in [1.807, 2.05) is 24.3 Å². The molecule has 0 saturated heterocycles. The van der Waals surface area contributed by atoms with Crippen molar-refractivity contribution in [2.45, 2.75) is 0 Å². The molecule has 74 valence electrons. The molecule has 0 atom stereocenters. The summed E-state index contributed by atoms with van der Waals surface area (Å²) in [5.41, 5.74) is 1.45. The van der Waals surface area contributed by atoms with Gasteiger partial charge in [-0.15, -0.1) is 0 Å². The molecule has 3 rings (SSSR count). The largest absolute Gasteiger partial charge is 0.508 e. The molecule has 1 heterocycles. The fourth-order valence-electron chi connectivity index (χ4n) is 1.94. The minimum atomic E-state index is 0.207. The van der Waals surface area contributed by atoms with E-state index >= 15 is 0 Å². The third kappa shape index (κ3) is 1.00. The summed E-state index contributed by atoms with van der Waals surface area (Å²) in [6, 6.07) is 12.5. The molecule has 2 aromatic carbocycles. The summed E-state index contributed by atoms with van der Waals surface area (Å²) in [6.07, 6.45) is 0. The number of phenols is 1. The van der Waals surface area contributed by atoms with Gasteiger partial charge in [0.25, 0.3) is 0 Å². The second-order valence-electron chi connectivity index (χ2n) is 3.53. The molecule has 1 aromatic heterocycles. The van der Waals surface area contributed by atoms with Crippen LogP contribution in [-0.4, -0.2) is 15.0 Å². The van der Waals surface area contributed by atoms with E-state index in [0.717, 1.165) is 21.0 Å². The zero-order valence-corrected chi connectivity index (χ0v) is 7.88. The molecule has 3 aromatic rings. The van der Waals surface area contributed by atoms with Crippen LogP contribution in [-0.2, 0) is 0 Å². The van der Waals surface area contributed by atoms with Crippen LogP contribution in [0.25, 0.3) is 21.8 Å². The number of nitrogens with zero attached hydrogens (tertiary/aromatic N) is 1. The van der Waals surface area contributed by atoms with Crippen molar-refractivity contribution in [1.82, 2.24) is 4.73 Å². The number of rotatable bonds is 0. The van der Waals surface area contributed by atoms with E-state index in [-0.39, 0.29) is 5.75 Å². The van der Waals surface area contributed by atoms with Gasteiger partial charge in [0.2, 0.25) is 0 Å². The van der Waals surface area contributed by atoms with Crippen LogP contribution < -0.4 is 0 Å². The topological polar surface area (TPSA) is 45.4 Å². The standard InChI is InChI=1S/C12H9NO2/c14-8-5-6-12-10(7-8)9-3-1-2-4-11(9)13(12)15/h1-7,14-15H. The Balaban J connectivity index is 2.64. The van der Waals surface area contributed by atoms with Crippen LogP contribution in [0.4, 0.5) is 0 Å². The van der Waals surface area contributed by atoms with Crippen molar-refractivity contribution >= 4 is 21.8 Å². The van der Waals surface area contributed by atoms with Crippen LogP contribution in [0.2, 0.25) is 0 Å². The molecule has 0 fully saturated rings. The third-order valence-corrected chi connectivity index (χ3v) is 2.63. The van der Waals surface area contributed by atoms with Gasteiger partial charge in [0.15, 0.2) is 0 Å². The molecule has 2 N–H and O–H groups in total. The first kappa shape index (κ1) is 8.17. The molecule has 0 saturated carbocycles. The molecule has 0 aliphatic rings.